The molecule has 4 saturated carbocycles. The Labute approximate surface area is 171 Å². The summed E-state index contributed by atoms with van der Waals surface area (Å²) < 4.78 is 13.2. The number of amides is 2. The molecule has 5 nitrogen and oxygen atoms in total. The summed E-state index contributed by atoms with van der Waals surface area (Å²) in [6, 6.07) is 5.90. The van der Waals surface area contributed by atoms with Gasteiger partial charge in [-0.1, -0.05) is 12.1 Å². The molecule has 1 aromatic rings. The van der Waals surface area contributed by atoms with Crippen LogP contribution in [0.1, 0.15) is 50.5 Å². The average Bonchev–Trinajstić information content (AvgIpc) is 2.65. The van der Waals surface area contributed by atoms with Crippen molar-refractivity contribution in [3.8, 4) is 0 Å². The molecule has 5 aliphatic rings. The van der Waals surface area contributed by atoms with Crippen LogP contribution >= 0.6 is 0 Å². The summed E-state index contributed by atoms with van der Waals surface area (Å²) in [5, 5.41) is 6.29. The third kappa shape index (κ3) is 3.91. The van der Waals surface area contributed by atoms with E-state index in [0.717, 1.165) is 42.6 Å². The molecule has 1 heterocycles. The minimum absolute atomic E-state index is 0.00175. The number of benzene rings is 1. The highest BCUT2D eigenvalue weighted by molar-refractivity contribution is 5.89. The van der Waals surface area contributed by atoms with E-state index >= 15 is 0 Å². The van der Waals surface area contributed by atoms with Crippen molar-refractivity contribution in [3.05, 3.63) is 35.6 Å². The summed E-state index contributed by atoms with van der Waals surface area (Å²) in [6.45, 7) is 1.81. The summed E-state index contributed by atoms with van der Waals surface area (Å²) in [5.74, 6) is 1.97. The third-order valence-corrected chi connectivity index (χ3v) is 7.56. The first-order valence-electron chi connectivity index (χ1n) is 11.1. The first-order chi connectivity index (χ1) is 14.0. The summed E-state index contributed by atoms with van der Waals surface area (Å²) in [6.07, 6.45) is 7.54. The number of halogens is 1. The maximum Gasteiger partial charge on any atom is 0.237 e. The van der Waals surface area contributed by atoms with Gasteiger partial charge in [0.25, 0.3) is 0 Å². The zero-order chi connectivity index (χ0) is 20.0. The number of nitrogens with zero attached hydrogens (tertiary/aromatic N) is 1. The molecule has 1 atom stereocenters. The number of hydrogen-bond donors (Lipinski definition) is 2. The minimum atomic E-state index is -0.470. The fourth-order valence-corrected chi connectivity index (χ4v) is 6.78. The molecular weight excluding hydrogens is 369 g/mol. The van der Waals surface area contributed by atoms with Gasteiger partial charge in [0.2, 0.25) is 11.8 Å². The van der Waals surface area contributed by atoms with E-state index in [1.54, 1.807) is 12.1 Å². The van der Waals surface area contributed by atoms with E-state index in [-0.39, 0.29) is 29.6 Å². The van der Waals surface area contributed by atoms with E-state index in [0.29, 0.717) is 19.6 Å². The molecule has 6 heteroatoms. The standard InChI is InChI=1S/C23H30FN3O2/c24-19-3-1-15(2-4-19)14-27-6-5-25-22(29)20(27)10-21(28)26-23-11-16-7-17(12-23)9-18(8-16)13-23/h1-4,16-18,20H,5-14H2,(H,25,29)(H,26,28). The molecule has 0 spiro atoms. The number of rotatable bonds is 5. The molecule has 4 bridgehead atoms. The van der Waals surface area contributed by atoms with Crippen molar-refractivity contribution < 1.29 is 14.0 Å². The van der Waals surface area contributed by atoms with Crippen LogP contribution in [0, 0.1) is 23.6 Å². The van der Waals surface area contributed by atoms with Crippen molar-refractivity contribution in [1.82, 2.24) is 15.5 Å². The normalized spacial score (nSPS) is 36.1. The van der Waals surface area contributed by atoms with Crippen LogP contribution in [-0.4, -0.2) is 41.4 Å². The molecule has 6 rings (SSSR count). The predicted molar refractivity (Wildman–Crippen MR) is 107 cm³/mol. The molecular formula is C23H30FN3O2. The van der Waals surface area contributed by atoms with E-state index in [9.17, 15) is 14.0 Å². The van der Waals surface area contributed by atoms with Crippen LogP contribution in [-0.2, 0) is 16.1 Å². The lowest BCUT2D eigenvalue weighted by Gasteiger charge is -2.57. The highest BCUT2D eigenvalue weighted by Crippen LogP contribution is 2.55. The fraction of sp³-hybridized carbons (Fsp3) is 0.652. The van der Waals surface area contributed by atoms with E-state index < -0.39 is 6.04 Å². The van der Waals surface area contributed by atoms with Gasteiger partial charge >= 0.3 is 0 Å². The summed E-state index contributed by atoms with van der Waals surface area (Å²) >= 11 is 0. The number of carbonyl (C=O) groups excluding carboxylic acids is 2. The second-order valence-corrected chi connectivity index (χ2v) is 9.85. The summed E-state index contributed by atoms with van der Waals surface area (Å²) in [7, 11) is 0. The third-order valence-electron chi connectivity index (χ3n) is 7.56. The smallest absolute Gasteiger partial charge is 0.237 e. The zero-order valence-corrected chi connectivity index (χ0v) is 16.8. The van der Waals surface area contributed by atoms with Crippen molar-refractivity contribution in [1.29, 1.82) is 0 Å². The van der Waals surface area contributed by atoms with Crippen LogP contribution < -0.4 is 10.6 Å². The Bertz CT molecular complexity index is 759. The first-order valence-corrected chi connectivity index (χ1v) is 11.1. The molecule has 1 aromatic carbocycles. The van der Waals surface area contributed by atoms with Gasteiger partial charge in [-0.3, -0.25) is 14.5 Å². The number of piperazine rings is 1. The van der Waals surface area contributed by atoms with Crippen molar-refractivity contribution in [2.24, 2.45) is 17.8 Å². The van der Waals surface area contributed by atoms with Crippen LogP contribution in [0.4, 0.5) is 4.39 Å². The molecule has 1 aliphatic heterocycles. The minimum Gasteiger partial charge on any atom is -0.353 e. The molecule has 156 valence electrons. The molecule has 5 fully saturated rings. The molecule has 29 heavy (non-hydrogen) atoms. The molecule has 2 N–H and O–H groups in total. The Balaban J connectivity index is 1.25. The number of hydrogen-bond acceptors (Lipinski definition) is 3. The monoisotopic (exact) mass is 399 g/mol. The van der Waals surface area contributed by atoms with Gasteiger partial charge in [-0.25, -0.2) is 4.39 Å². The second-order valence-electron chi connectivity index (χ2n) is 9.85. The van der Waals surface area contributed by atoms with Gasteiger partial charge in [0.05, 0.1) is 12.5 Å². The van der Waals surface area contributed by atoms with Gasteiger partial charge in [0, 0.05) is 25.2 Å². The molecule has 4 aliphatic carbocycles. The second kappa shape index (κ2) is 7.38. The Hall–Kier alpha value is -1.95. The quantitative estimate of drug-likeness (QED) is 0.800. The van der Waals surface area contributed by atoms with Crippen molar-refractivity contribution in [2.45, 2.75) is 63.1 Å². The maximum atomic E-state index is 13.2. The maximum absolute atomic E-state index is 13.2. The largest absolute Gasteiger partial charge is 0.353 e. The highest BCUT2D eigenvalue weighted by atomic mass is 19.1. The highest BCUT2D eigenvalue weighted by Gasteiger charge is 2.51. The Morgan fingerprint density at radius 3 is 2.34 bits per heavy atom. The Morgan fingerprint density at radius 1 is 1.10 bits per heavy atom. The van der Waals surface area contributed by atoms with Crippen LogP contribution in [0.15, 0.2) is 24.3 Å². The lowest BCUT2D eigenvalue weighted by molar-refractivity contribution is -0.136. The van der Waals surface area contributed by atoms with Gasteiger partial charge in [-0.2, -0.15) is 0 Å². The van der Waals surface area contributed by atoms with Gasteiger partial charge in [0.1, 0.15) is 5.82 Å². The summed E-state index contributed by atoms with van der Waals surface area (Å²) in [5.41, 5.74) is 0.922. The van der Waals surface area contributed by atoms with E-state index in [1.165, 1.54) is 31.4 Å². The fourth-order valence-electron chi connectivity index (χ4n) is 6.78. The predicted octanol–water partition coefficient (Wildman–Crippen LogP) is 2.60. The Morgan fingerprint density at radius 2 is 1.72 bits per heavy atom. The van der Waals surface area contributed by atoms with Crippen LogP contribution in [0.2, 0.25) is 0 Å². The Kier molecular flexibility index (Phi) is 4.85. The van der Waals surface area contributed by atoms with Gasteiger partial charge in [-0.15, -0.1) is 0 Å². The molecule has 2 amide bonds. The van der Waals surface area contributed by atoms with E-state index in [4.69, 9.17) is 0 Å². The molecule has 0 radical (unpaired) electrons. The molecule has 0 aromatic heterocycles. The van der Waals surface area contributed by atoms with Crippen LogP contribution in [0.5, 0.6) is 0 Å². The van der Waals surface area contributed by atoms with Crippen molar-refractivity contribution >= 4 is 11.8 Å². The topological polar surface area (TPSA) is 61.4 Å². The van der Waals surface area contributed by atoms with Gasteiger partial charge in [0.15, 0.2) is 0 Å². The summed E-state index contributed by atoms with van der Waals surface area (Å²) in [4.78, 5) is 27.6. The van der Waals surface area contributed by atoms with Gasteiger partial charge < -0.3 is 10.6 Å². The van der Waals surface area contributed by atoms with Crippen molar-refractivity contribution in [3.63, 3.8) is 0 Å². The number of carbonyl (C=O) groups is 2. The van der Waals surface area contributed by atoms with E-state index in [2.05, 4.69) is 10.6 Å². The molecule has 1 saturated heterocycles. The average molecular weight is 400 g/mol. The lowest BCUT2D eigenvalue weighted by Crippen LogP contribution is -2.61. The SMILES string of the molecule is O=C(CC1C(=O)NCCN1Cc1ccc(F)cc1)NC12CC3CC(CC(C3)C1)C2. The van der Waals surface area contributed by atoms with Crippen LogP contribution in [0.3, 0.4) is 0 Å². The van der Waals surface area contributed by atoms with Crippen molar-refractivity contribution in [2.75, 3.05) is 13.1 Å². The van der Waals surface area contributed by atoms with Crippen LogP contribution in [0.25, 0.3) is 0 Å². The van der Waals surface area contributed by atoms with Gasteiger partial charge in [-0.05, 0) is 74.0 Å². The first kappa shape index (κ1) is 19.0. The number of nitrogens with one attached hydrogen (secondary N) is 2. The molecule has 1 unspecified atom stereocenters. The lowest BCUT2D eigenvalue weighted by atomic mass is 9.53. The zero-order valence-electron chi connectivity index (χ0n) is 16.8. The van der Waals surface area contributed by atoms with E-state index in [1.807, 2.05) is 4.90 Å².